The van der Waals surface area contributed by atoms with E-state index in [9.17, 15) is 0 Å². The van der Waals surface area contributed by atoms with E-state index in [1.54, 1.807) is 5.01 Å². The number of hydrazine groups is 1. The van der Waals surface area contributed by atoms with E-state index in [0.29, 0.717) is 6.54 Å². The number of hydrogen-bond acceptors (Lipinski definition) is 3. The summed E-state index contributed by atoms with van der Waals surface area (Å²) in [5.74, 6) is 6.05. The summed E-state index contributed by atoms with van der Waals surface area (Å²) in [6.45, 7) is 2.63. The lowest BCUT2D eigenvalue weighted by atomic mass is 10.1. The Labute approximate surface area is 102 Å². The van der Waals surface area contributed by atoms with Gasteiger partial charge in [0.05, 0.1) is 17.9 Å². The van der Waals surface area contributed by atoms with Crippen molar-refractivity contribution in [1.82, 2.24) is 0 Å². The quantitative estimate of drug-likeness (QED) is 0.481. The number of anilines is 2. The van der Waals surface area contributed by atoms with E-state index >= 15 is 0 Å². The molecule has 3 heteroatoms. The van der Waals surface area contributed by atoms with Gasteiger partial charge in [-0.2, -0.15) is 0 Å². The molecule has 0 saturated carbocycles. The zero-order valence-electron chi connectivity index (χ0n) is 9.93. The largest absolute Gasteiger partial charge is 0.397 e. The monoisotopic (exact) mass is 227 g/mol. The fraction of sp³-hybridized carbons (Fsp3) is 0.143. The number of hydrogen-bond donors (Lipinski definition) is 2. The van der Waals surface area contributed by atoms with Gasteiger partial charge in [0.25, 0.3) is 0 Å². The van der Waals surface area contributed by atoms with E-state index in [2.05, 4.69) is 0 Å². The Morgan fingerprint density at radius 1 is 1.00 bits per heavy atom. The van der Waals surface area contributed by atoms with Gasteiger partial charge in [-0.25, -0.2) is 5.84 Å². The maximum absolute atomic E-state index is 6.05. The van der Waals surface area contributed by atoms with Crippen molar-refractivity contribution in [3.05, 3.63) is 59.7 Å². The second kappa shape index (κ2) is 4.89. The predicted octanol–water partition coefficient (Wildman–Crippen LogP) is 2.46. The van der Waals surface area contributed by atoms with Crippen LogP contribution in [0, 0.1) is 6.92 Å². The lowest BCUT2D eigenvalue weighted by Gasteiger charge is -2.21. The standard InChI is InChI=1S/C14H17N3/c1-11-6-5-9-13(14(11)15)17(16)10-12-7-3-2-4-8-12/h2-9H,10,15-16H2,1H3. The smallest absolute Gasteiger partial charge is 0.0753 e. The van der Waals surface area contributed by atoms with Crippen molar-refractivity contribution in [2.45, 2.75) is 13.5 Å². The summed E-state index contributed by atoms with van der Waals surface area (Å²) < 4.78 is 0. The van der Waals surface area contributed by atoms with Crippen molar-refractivity contribution < 1.29 is 0 Å². The number of para-hydroxylation sites is 1. The van der Waals surface area contributed by atoms with E-state index in [-0.39, 0.29) is 0 Å². The SMILES string of the molecule is Cc1cccc(N(N)Cc2ccccc2)c1N. The minimum atomic E-state index is 0.647. The van der Waals surface area contributed by atoms with E-state index < -0.39 is 0 Å². The van der Waals surface area contributed by atoms with Crippen molar-refractivity contribution in [2.75, 3.05) is 10.7 Å². The Bertz CT molecular complexity index is 494. The van der Waals surface area contributed by atoms with Gasteiger partial charge in [0.1, 0.15) is 0 Å². The van der Waals surface area contributed by atoms with Crippen LogP contribution < -0.4 is 16.6 Å². The molecule has 0 spiro atoms. The molecule has 0 aliphatic carbocycles. The molecule has 0 amide bonds. The van der Waals surface area contributed by atoms with Crippen LogP contribution in [0.1, 0.15) is 11.1 Å². The minimum absolute atomic E-state index is 0.647. The molecule has 0 fully saturated rings. The molecule has 0 aliphatic heterocycles. The van der Waals surface area contributed by atoms with Crippen LogP contribution in [-0.2, 0) is 6.54 Å². The van der Waals surface area contributed by atoms with E-state index in [1.807, 2.05) is 55.5 Å². The number of benzene rings is 2. The summed E-state index contributed by atoms with van der Waals surface area (Å²) in [6, 6.07) is 16.0. The molecule has 88 valence electrons. The number of aryl methyl sites for hydroxylation is 1. The lowest BCUT2D eigenvalue weighted by Crippen LogP contribution is -2.30. The summed E-state index contributed by atoms with van der Waals surface area (Å²) in [6.07, 6.45) is 0. The maximum atomic E-state index is 6.05. The average Bonchev–Trinajstić information content (AvgIpc) is 2.34. The van der Waals surface area contributed by atoms with Crippen LogP contribution in [0.3, 0.4) is 0 Å². The van der Waals surface area contributed by atoms with Crippen molar-refractivity contribution >= 4 is 11.4 Å². The average molecular weight is 227 g/mol. The molecule has 17 heavy (non-hydrogen) atoms. The Hall–Kier alpha value is -2.00. The van der Waals surface area contributed by atoms with Gasteiger partial charge in [0.15, 0.2) is 0 Å². The Morgan fingerprint density at radius 2 is 1.71 bits per heavy atom. The summed E-state index contributed by atoms with van der Waals surface area (Å²) in [4.78, 5) is 0. The fourth-order valence-corrected chi connectivity index (χ4v) is 1.78. The van der Waals surface area contributed by atoms with Crippen LogP contribution >= 0.6 is 0 Å². The Balaban J connectivity index is 2.20. The summed E-state index contributed by atoms with van der Waals surface area (Å²) >= 11 is 0. The van der Waals surface area contributed by atoms with Crippen LogP contribution in [-0.4, -0.2) is 0 Å². The fourth-order valence-electron chi connectivity index (χ4n) is 1.78. The van der Waals surface area contributed by atoms with Gasteiger partial charge in [0.2, 0.25) is 0 Å². The molecule has 0 aromatic heterocycles. The molecule has 2 aromatic rings. The van der Waals surface area contributed by atoms with Crippen LogP contribution in [0.25, 0.3) is 0 Å². The molecule has 0 atom stereocenters. The molecule has 4 N–H and O–H groups in total. The van der Waals surface area contributed by atoms with Crippen LogP contribution in [0.15, 0.2) is 48.5 Å². The van der Waals surface area contributed by atoms with Crippen molar-refractivity contribution in [3.8, 4) is 0 Å². The summed E-state index contributed by atoms with van der Waals surface area (Å²) in [5.41, 5.74) is 9.84. The maximum Gasteiger partial charge on any atom is 0.0753 e. The normalized spacial score (nSPS) is 10.2. The molecule has 2 aromatic carbocycles. The van der Waals surface area contributed by atoms with Gasteiger partial charge < -0.3 is 10.7 Å². The zero-order chi connectivity index (χ0) is 12.3. The Kier molecular flexibility index (Phi) is 3.30. The molecule has 0 heterocycles. The van der Waals surface area contributed by atoms with Crippen LogP contribution in [0.4, 0.5) is 11.4 Å². The van der Waals surface area contributed by atoms with Crippen LogP contribution in [0.5, 0.6) is 0 Å². The topological polar surface area (TPSA) is 55.3 Å². The molecule has 3 nitrogen and oxygen atoms in total. The van der Waals surface area contributed by atoms with Gasteiger partial charge in [0, 0.05) is 0 Å². The molecular formula is C14H17N3. The minimum Gasteiger partial charge on any atom is -0.397 e. The van der Waals surface area contributed by atoms with E-state index in [1.165, 1.54) is 0 Å². The zero-order valence-corrected chi connectivity index (χ0v) is 9.93. The highest BCUT2D eigenvalue weighted by Gasteiger charge is 2.07. The highest BCUT2D eigenvalue weighted by molar-refractivity contribution is 5.70. The third kappa shape index (κ3) is 2.57. The number of nitrogens with two attached hydrogens (primary N) is 2. The third-order valence-electron chi connectivity index (χ3n) is 2.81. The second-order valence-electron chi connectivity index (χ2n) is 4.12. The van der Waals surface area contributed by atoms with E-state index in [4.69, 9.17) is 11.6 Å². The molecule has 0 bridgehead atoms. The number of nitrogen functional groups attached to an aromatic ring is 1. The van der Waals surface area contributed by atoms with Crippen molar-refractivity contribution in [1.29, 1.82) is 0 Å². The third-order valence-corrected chi connectivity index (χ3v) is 2.81. The van der Waals surface area contributed by atoms with Gasteiger partial charge in [-0.1, -0.05) is 42.5 Å². The van der Waals surface area contributed by atoms with Gasteiger partial charge in [-0.15, -0.1) is 0 Å². The van der Waals surface area contributed by atoms with Crippen molar-refractivity contribution in [2.24, 2.45) is 5.84 Å². The molecule has 0 unspecified atom stereocenters. The molecule has 0 aliphatic rings. The van der Waals surface area contributed by atoms with Crippen LogP contribution in [0.2, 0.25) is 0 Å². The van der Waals surface area contributed by atoms with E-state index in [0.717, 1.165) is 22.5 Å². The molecule has 0 radical (unpaired) electrons. The van der Waals surface area contributed by atoms with Gasteiger partial charge in [-0.3, -0.25) is 0 Å². The summed E-state index contributed by atoms with van der Waals surface area (Å²) in [7, 11) is 0. The predicted molar refractivity (Wildman–Crippen MR) is 72.4 cm³/mol. The highest BCUT2D eigenvalue weighted by Crippen LogP contribution is 2.25. The summed E-state index contributed by atoms with van der Waals surface area (Å²) in [5, 5.41) is 1.68. The van der Waals surface area contributed by atoms with Gasteiger partial charge >= 0.3 is 0 Å². The first kappa shape index (κ1) is 11.5. The lowest BCUT2D eigenvalue weighted by molar-refractivity contribution is 0.854. The molecular weight excluding hydrogens is 210 g/mol. The van der Waals surface area contributed by atoms with Crippen molar-refractivity contribution in [3.63, 3.8) is 0 Å². The number of nitrogens with zero attached hydrogens (tertiary/aromatic N) is 1. The highest BCUT2D eigenvalue weighted by atomic mass is 15.4. The first-order chi connectivity index (χ1) is 8.18. The first-order valence-electron chi connectivity index (χ1n) is 5.59. The second-order valence-corrected chi connectivity index (χ2v) is 4.12. The number of rotatable bonds is 3. The Morgan fingerprint density at radius 3 is 2.41 bits per heavy atom. The van der Waals surface area contributed by atoms with Gasteiger partial charge in [-0.05, 0) is 24.1 Å². The first-order valence-corrected chi connectivity index (χ1v) is 5.59. The molecule has 0 saturated heterocycles. The molecule has 2 rings (SSSR count).